The zero-order valence-corrected chi connectivity index (χ0v) is 19.0. The third-order valence-corrected chi connectivity index (χ3v) is 4.60. The molecule has 1 aliphatic heterocycles. The molecule has 1 aromatic carbocycles. The number of aromatic nitrogens is 3. The quantitative estimate of drug-likeness (QED) is 0.343. The first kappa shape index (κ1) is 22.6. The van der Waals surface area contributed by atoms with Crippen molar-refractivity contribution in [3.05, 3.63) is 47.0 Å². The maximum Gasteiger partial charge on any atom is 0.191 e. The highest BCUT2D eigenvalue weighted by molar-refractivity contribution is 14.0. The van der Waals surface area contributed by atoms with Crippen molar-refractivity contribution in [2.24, 2.45) is 4.99 Å². The van der Waals surface area contributed by atoms with Crippen LogP contribution in [0, 0.1) is 0 Å². The largest absolute Gasteiger partial charge is 0.380 e. The van der Waals surface area contributed by atoms with E-state index in [1.54, 1.807) is 21.3 Å². The van der Waals surface area contributed by atoms with Gasteiger partial charge in [-0.15, -0.1) is 24.0 Å². The Bertz CT molecular complexity index is 780. The molecule has 0 amide bonds. The van der Waals surface area contributed by atoms with E-state index in [2.05, 4.69) is 37.8 Å². The highest BCUT2D eigenvalue weighted by atomic mass is 127. The van der Waals surface area contributed by atoms with Gasteiger partial charge in [-0.1, -0.05) is 24.3 Å². The van der Waals surface area contributed by atoms with Crippen molar-refractivity contribution >= 4 is 29.9 Å². The van der Waals surface area contributed by atoms with Gasteiger partial charge in [0.2, 0.25) is 0 Å². The normalized spacial score (nSPS) is 16.2. The summed E-state index contributed by atoms with van der Waals surface area (Å²) in [6.45, 7) is 2.51. The molecule has 1 atom stereocenters. The Balaban J connectivity index is 0.00000280. The van der Waals surface area contributed by atoms with Crippen LogP contribution in [-0.2, 0) is 42.2 Å². The zero-order chi connectivity index (χ0) is 19.1. The summed E-state index contributed by atoms with van der Waals surface area (Å²) >= 11 is 0. The van der Waals surface area contributed by atoms with Gasteiger partial charge in [0.05, 0.1) is 13.2 Å². The number of rotatable bonds is 7. The highest BCUT2D eigenvalue weighted by Crippen LogP contribution is 2.14. The summed E-state index contributed by atoms with van der Waals surface area (Å²) in [5.41, 5.74) is 2.38. The van der Waals surface area contributed by atoms with Gasteiger partial charge in [0.15, 0.2) is 11.8 Å². The second kappa shape index (κ2) is 11.3. The summed E-state index contributed by atoms with van der Waals surface area (Å²) in [5, 5.41) is 11.4. The van der Waals surface area contributed by atoms with E-state index in [0.717, 1.165) is 37.0 Å². The van der Waals surface area contributed by atoms with Crippen LogP contribution in [0.2, 0.25) is 0 Å². The van der Waals surface area contributed by atoms with Crippen LogP contribution in [0.5, 0.6) is 0 Å². The number of fused-ring (bicyclic) bond motifs is 1. The molecule has 2 heterocycles. The predicted molar refractivity (Wildman–Crippen MR) is 119 cm³/mol. The van der Waals surface area contributed by atoms with Crippen LogP contribution >= 0.6 is 24.0 Å². The van der Waals surface area contributed by atoms with Crippen LogP contribution in [0.15, 0.2) is 29.3 Å². The second-order valence-corrected chi connectivity index (χ2v) is 6.57. The number of nitrogens with zero attached hydrogens (tertiary/aromatic N) is 4. The average molecular weight is 500 g/mol. The third kappa shape index (κ3) is 5.89. The van der Waals surface area contributed by atoms with Crippen LogP contribution in [-0.4, -0.2) is 48.0 Å². The fourth-order valence-corrected chi connectivity index (χ4v) is 3.26. The molecule has 0 aliphatic carbocycles. The monoisotopic (exact) mass is 500 g/mol. The van der Waals surface area contributed by atoms with E-state index in [9.17, 15) is 0 Å². The Hall–Kier alpha value is -1.72. The number of benzene rings is 1. The Morgan fingerprint density at radius 2 is 1.96 bits per heavy atom. The second-order valence-electron chi connectivity index (χ2n) is 6.57. The minimum Gasteiger partial charge on any atom is -0.380 e. The van der Waals surface area contributed by atoms with Crippen molar-refractivity contribution < 1.29 is 9.47 Å². The SMILES string of the molecule is CN=C(NCc1ccccc1COC)NC1CCc2nc(COC)nn2C1.I. The van der Waals surface area contributed by atoms with Crippen molar-refractivity contribution in [2.45, 2.75) is 45.2 Å². The summed E-state index contributed by atoms with van der Waals surface area (Å²) in [5.74, 6) is 2.55. The van der Waals surface area contributed by atoms with Crippen LogP contribution < -0.4 is 10.6 Å². The number of aryl methyl sites for hydroxylation is 1. The van der Waals surface area contributed by atoms with Crippen LogP contribution in [0.25, 0.3) is 0 Å². The zero-order valence-electron chi connectivity index (χ0n) is 16.6. The summed E-state index contributed by atoms with van der Waals surface area (Å²) in [6, 6.07) is 8.52. The lowest BCUT2D eigenvalue weighted by Crippen LogP contribution is -2.46. The Kier molecular flexibility index (Phi) is 9.13. The molecule has 0 radical (unpaired) electrons. The number of methoxy groups -OCH3 is 2. The van der Waals surface area contributed by atoms with Crippen molar-refractivity contribution in [1.29, 1.82) is 0 Å². The van der Waals surface area contributed by atoms with Gasteiger partial charge in [-0.25, -0.2) is 9.67 Å². The molecule has 2 N–H and O–H groups in total. The summed E-state index contributed by atoms with van der Waals surface area (Å²) in [6.07, 6.45) is 1.88. The lowest BCUT2D eigenvalue weighted by Gasteiger charge is -2.25. The number of aliphatic imine (C=N–C) groups is 1. The number of ether oxygens (including phenoxy) is 2. The molecule has 28 heavy (non-hydrogen) atoms. The van der Waals surface area contributed by atoms with E-state index < -0.39 is 0 Å². The van der Waals surface area contributed by atoms with Gasteiger partial charge in [0, 0.05) is 40.3 Å². The lowest BCUT2D eigenvalue weighted by atomic mass is 10.1. The molecular formula is C19H29IN6O2. The molecule has 3 rings (SSSR count). The van der Waals surface area contributed by atoms with Crippen LogP contribution in [0.3, 0.4) is 0 Å². The molecule has 1 unspecified atom stereocenters. The van der Waals surface area contributed by atoms with Crippen molar-refractivity contribution in [3.8, 4) is 0 Å². The smallest absolute Gasteiger partial charge is 0.191 e. The highest BCUT2D eigenvalue weighted by Gasteiger charge is 2.22. The third-order valence-electron chi connectivity index (χ3n) is 4.60. The van der Waals surface area contributed by atoms with Gasteiger partial charge in [0.1, 0.15) is 12.4 Å². The number of guanidine groups is 1. The fraction of sp³-hybridized carbons (Fsp3) is 0.526. The van der Waals surface area contributed by atoms with Crippen LogP contribution in [0.4, 0.5) is 0 Å². The van der Waals surface area contributed by atoms with Crippen molar-refractivity contribution in [2.75, 3.05) is 21.3 Å². The number of hydrogen-bond acceptors (Lipinski definition) is 5. The van der Waals surface area contributed by atoms with Crippen LogP contribution in [0.1, 0.15) is 29.2 Å². The number of nitrogens with one attached hydrogen (secondary N) is 2. The van der Waals surface area contributed by atoms with Crippen molar-refractivity contribution in [1.82, 2.24) is 25.4 Å². The minimum absolute atomic E-state index is 0. The summed E-state index contributed by atoms with van der Waals surface area (Å²) < 4.78 is 12.4. The molecule has 1 aromatic heterocycles. The first-order valence-electron chi connectivity index (χ1n) is 9.18. The van der Waals surface area contributed by atoms with Gasteiger partial charge in [-0.05, 0) is 17.5 Å². The molecule has 154 valence electrons. The van der Waals surface area contributed by atoms with E-state index in [1.807, 2.05) is 16.8 Å². The van der Waals surface area contributed by atoms with Gasteiger partial charge >= 0.3 is 0 Å². The van der Waals surface area contributed by atoms with E-state index in [0.29, 0.717) is 19.8 Å². The predicted octanol–water partition coefficient (Wildman–Crippen LogP) is 1.87. The molecule has 0 saturated carbocycles. The van der Waals surface area contributed by atoms with E-state index in [4.69, 9.17) is 9.47 Å². The van der Waals surface area contributed by atoms with Crippen molar-refractivity contribution in [3.63, 3.8) is 0 Å². The first-order chi connectivity index (χ1) is 13.2. The van der Waals surface area contributed by atoms with Gasteiger partial charge in [-0.3, -0.25) is 4.99 Å². The number of hydrogen-bond donors (Lipinski definition) is 2. The molecule has 9 heteroatoms. The van der Waals surface area contributed by atoms with Gasteiger partial charge in [0.25, 0.3) is 0 Å². The van der Waals surface area contributed by atoms with Gasteiger partial charge < -0.3 is 20.1 Å². The fourth-order valence-electron chi connectivity index (χ4n) is 3.26. The molecule has 2 aromatic rings. The Labute approximate surface area is 183 Å². The van der Waals surface area contributed by atoms with E-state index in [1.165, 1.54) is 11.1 Å². The Morgan fingerprint density at radius 3 is 2.68 bits per heavy atom. The topological polar surface area (TPSA) is 85.6 Å². The Morgan fingerprint density at radius 1 is 1.21 bits per heavy atom. The average Bonchev–Trinajstić information content (AvgIpc) is 3.08. The summed E-state index contributed by atoms with van der Waals surface area (Å²) in [4.78, 5) is 8.88. The molecule has 1 aliphatic rings. The molecule has 0 bridgehead atoms. The maximum atomic E-state index is 5.28. The molecular weight excluding hydrogens is 471 g/mol. The minimum atomic E-state index is 0. The molecule has 0 spiro atoms. The standard InChI is InChI=1S/C19H28N6O2.HI/c1-20-19(21-10-14-6-4-5-7-15(14)12-26-2)22-16-8-9-18-23-17(13-27-3)24-25(18)11-16;/h4-7,16H,8-13H2,1-3H3,(H2,20,21,22);1H. The molecule has 8 nitrogen and oxygen atoms in total. The molecule has 0 saturated heterocycles. The van der Waals surface area contributed by atoms with Gasteiger partial charge in [-0.2, -0.15) is 5.10 Å². The lowest BCUT2D eigenvalue weighted by molar-refractivity contribution is 0.177. The van der Waals surface area contributed by atoms with E-state index in [-0.39, 0.29) is 30.0 Å². The first-order valence-corrected chi connectivity index (χ1v) is 9.18. The number of halogens is 1. The molecule has 0 fully saturated rings. The van der Waals surface area contributed by atoms with E-state index >= 15 is 0 Å². The summed E-state index contributed by atoms with van der Waals surface area (Å²) in [7, 11) is 5.16. The maximum absolute atomic E-state index is 5.28.